The molecule has 0 spiro atoms. The summed E-state index contributed by atoms with van der Waals surface area (Å²) >= 11 is 4.82. The Hall–Kier alpha value is -1.05. The maximum atomic E-state index is 12.6. The van der Waals surface area contributed by atoms with Crippen LogP contribution in [-0.2, 0) is 10.0 Å². The molecule has 0 unspecified atom stereocenters. The highest BCUT2D eigenvalue weighted by Crippen LogP contribution is 2.26. The Kier molecular flexibility index (Phi) is 5.29. The molecule has 2 N–H and O–H groups in total. The average Bonchev–Trinajstić information content (AvgIpc) is 2.48. The zero-order valence-electron chi connectivity index (χ0n) is 12.2. The Bertz CT molecular complexity index is 591. The SMILES string of the molecule is CCCC1CCN(S(=O)(=O)c2ccc(C(N)=S)nc2)CC1. The number of nitrogens with zero attached hydrogens (tertiary/aromatic N) is 2. The van der Waals surface area contributed by atoms with Gasteiger partial charge in [0, 0.05) is 19.3 Å². The zero-order chi connectivity index (χ0) is 15.5. The van der Waals surface area contributed by atoms with Crippen molar-refractivity contribution in [3.63, 3.8) is 0 Å². The van der Waals surface area contributed by atoms with Crippen LogP contribution in [0.4, 0.5) is 0 Å². The monoisotopic (exact) mass is 327 g/mol. The molecule has 2 heterocycles. The van der Waals surface area contributed by atoms with Crippen molar-refractivity contribution in [3.05, 3.63) is 24.0 Å². The van der Waals surface area contributed by atoms with Crippen molar-refractivity contribution in [2.75, 3.05) is 13.1 Å². The molecule has 0 saturated carbocycles. The van der Waals surface area contributed by atoms with Gasteiger partial charge in [-0.3, -0.25) is 4.98 Å². The van der Waals surface area contributed by atoms with E-state index in [0.717, 1.165) is 19.3 Å². The Balaban J connectivity index is 2.10. The molecule has 21 heavy (non-hydrogen) atoms. The molecule has 0 atom stereocenters. The number of sulfonamides is 1. The number of pyridine rings is 1. The van der Waals surface area contributed by atoms with Gasteiger partial charge in [-0.05, 0) is 30.9 Å². The first-order valence-corrected chi connectivity index (χ1v) is 9.06. The summed E-state index contributed by atoms with van der Waals surface area (Å²) in [7, 11) is -3.46. The highest BCUT2D eigenvalue weighted by Gasteiger charge is 2.29. The topological polar surface area (TPSA) is 76.3 Å². The number of thiocarbonyl (C=S) groups is 1. The van der Waals surface area contributed by atoms with Gasteiger partial charge in [0.1, 0.15) is 9.88 Å². The minimum atomic E-state index is -3.46. The Morgan fingerprint density at radius 2 is 2.10 bits per heavy atom. The first-order chi connectivity index (χ1) is 9.95. The third-order valence-corrected chi connectivity index (χ3v) is 5.99. The van der Waals surface area contributed by atoms with E-state index in [-0.39, 0.29) is 9.88 Å². The smallest absolute Gasteiger partial charge is 0.244 e. The molecule has 5 nitrogen and oxygen atoms in total. The first-order valence-electron chi connectivity index (χ1n) is 7.21. The van der Waals surface area contributed by atoms with Crippen LogP contribution in [0.5, 0.6) is 0 Å². The fourth-order valence-electron chi connectivity index (χ4n) is 2.67. The van der Waals surface area contributed by atoms with Crippen LogP contribution in [0.25, 0.3) is 0 Å². The minimum Gasteiger partial charge on any atom is -0.388 e. The van der Waals surface area contributed by atoms with Crippen LogP contribution in [-0.4, -0.2) is 35.8 Å². The summed E-state index contributed by atoms with van der Waals surface area (Å²) in [4.78, 5) is 4.38. The lowest BCUT2D eigenvalue weighted by atomic mass is 9.94. The van der Waals surface area contributed by atoms with Gasteiger partial charge in [-0.15, -0.1) is 0 Å². The van der Waals surface area contributed by atoms with E-state index in [4.69, 9.17) is 18.0 Å². The summed E-state index contributed by atoms with van der Waals surface area (Å²) < 4.78 is 26.7. The largest absolute Gasteiger partial charge is 0.388 e. The summed E-state index contributed by atoms with van der Waals surface area (Å²) in [6, 6.07) is 3.08. The Labute approximate surface area is 131 Å². The van der Waals surface area contributed by atoms with Gasteiger partial charge < -0.3 is 5.73 Å². The van der Waals surface area contributed by atoms with Crippen LogP contribution >= 0.6 is 12.2 Å². The lowest BCUT2D eigenvalue weighted by molar-refractivity contribution is 0.262. The zero-order valence-corrected chi connectivity index (χ0v) is 13.8. The first kappa shape index (κ1) is 16.3. The third-order valence-electron chi connectivity index (χ3n) is 3.90. The van der Waals surface area contributed by atoms with Crippen LogP contribution in [0.1, 0.15) is 38.3 Å². The number of aromatic nitrogens is 1. The summed E-state index contributed by atoms with van der Waals surface area (Å²) in [6.07, 6.45) is 5.54. The normalized spacial score (nSPS) is 17.8. The summed E-state index contributed by atoms with van der Waals surface area (Å²) in [5.41, 5.74) is 5.90. The van der Waals surface area contributed by atoms with E-state index < -0.39 is 10.0 Å². The van der Waals surface area contributed by atoms with Crippen molar-refractivity contribution in [3.8, 4) is 0 Å². The molecular weight excluding hydrogens is 306 g/mol. The molecule has 1 aromatic rings. The summed E-state index contributed by atoms with van der Waals surface area (Å²) in [5, 5.41) is 0. The lowest BCUT2D eigenvalue weighted by Crippen LogP contribution is -2.38. The van der Waals surface area contributed by atoms with Gasteiger partial charge in [-0.2, -0.15) is 4.31 Å². The molecule has 1 aromatic heterocycles. The fraction of sp³-hybridized carbons (Fsp3) is 0.571. The fourth-order valence-corrected chi connectivity index (χ4v) is 4.21. The summed E-state index contributed by atoms with van der Waals surface area (Å²) in [6.45, 7) is 3.34. The van der Waals surface area contributed by atoms with E-state index in [1.165, 1.54) is 18.7 Å². The van der Waals surface area contributed by atoms with Gasteiger partial charge in [-0.1, -0.05) is 32.0 Å². The highest BCUT2D eigenvalue weighted by atomic mass is 32.2. The number of rotatable bonds is 5. The second-order valence-electron chi connectivity index (χ2n) is 5.38. The van der Waals surface area contributed by atoms with Crippen LogP contribution in [0.3, 0.4) is 0 Å². The standard InChI is InChI=1S/C14H21N3O2S2/c1-2-3-11-6-8-17(9-7-11)21(18,19)12-4-5-13(14(15)20)16-10-12/h4-5,10-11H,2-3,6-9H2,1H3,(H2,15,20). The molecule has 116 valence electrons. The van der Waals surface area contributed by atoms with E-state index in [9.17, 15) is 8.42 Å². The highest BCUT2D eigenvalue weighted by molar-refractivity contribution is 7.89. The number of piperidine rings is 1. The van der Waals surface area contributed by atoms with Crippen molar-refractivity contribution in [1.82, 2.24) is 9.29 Å². The minimum absolute atomic E-state index is 0.166. The van der Waals surface area contributed by atoms with Crippen molar-refractivity contribution >= 4 is 27.2 Å². The van der Waals surface area contributed by atoms with E-state index in [1.54, 1.807) is 10.4 Å². The van der Waals surface area contributed by atoms with Gasteiger partial charge in [0.05, 0.1) is 5.69 Å². The van der Waals surface area contributed by atoms with Crippen LogP contribution < -0.4 is 5.73 Å². The van der Waals surface area contributed by atoms with Crippen LogP contribution in [0.2, 0.25) is 0 Å². The van der Waals surface area contributed by atoms with Crippen LogP contribution in [0.15, 0.2) is 23.2 Å². The van der Waals surface area contributed by atoms with Crippen molar-refractivity contribution in [2.24, 2.45) is 11.7 Å². The predicted molar refractivity (Wildman–Crippen MR) is 86.5 cm³/mol. The van der Waals surface area contributed by atoms with Gasteiger partial charge in [-0.25, -0.2) is 8.42 Å². The second kappa shape index (κ2) is 6.81. The third kappa shape index (κ3) is 3.78. The molecule has 1 fully saturated rings. The summed E-state index contributed by atoms with van der Waals surface area (Å²) in [5.74, 6) is 0.650. The molecule has 2 rings (SSSR count). The van der Waals surface area contributed by atoms with Gasteiger partial charge in [0.25, 0.3) is 0 Å². The van der Waals surface area contributed by atoms with Gasteiger partial charge in [0.2, 0.25) is 10.0 Å². The van der Waals surface area contributed by atoms with E-state index in [1.807, 2.05) is 0 Å². The molecule has 1 aliphatic heterocycles. The van der Waals surface area contributed by atoms with E-state index in [2.05, 4.69) is 11.9 Å². The second-order valence-corrected chi connectivity index (χ2v) is 7.76. The number of hydrogen-bond acceptors (Lipinski definition) is 4. The van der Waals surface area contributed by atoms with Gasteiger partial charge in [0.15, 0.2) is 0 Å². The van der Waals surface area contributed by atoms with E-state index >= 15 is 0 Å². The average molecular weight is 327 g/mol. The lowest BCUT2D eigenvalue weighted by Gasteiger charge is -2.31. The number of nitrogens with two attached hydrogens (primary N) is 1. The molecule has 0 radical (unpaired) electrons. The molecule has 0 aliphatic carbocycles. The molecular formula is C14H21N3O2S2. The van der Waals surface area contributed by atoms with Gasteiger partial charge >= 0.3 is 0 Å². The van der Waals surface area contributed by atoms with E-state index in [0.29, 0.717) is 24.7 Å². The van der Waals surface area contributed by atoms with Crippen molar-refractivity contribution in [2.45, 2.75) is 37.5 Å². The molecule has 1 aliphatic rings. The molecule has 0 amide bonds. The van der Waals surface area contributed by atoms with Crippen molar-refractivity contribution < 1.29 is 8.42 Å². The maximum absolute atomic E-state index is 12.6. The maximum Gasteiger partial charge on any atom is 0.244 e. The Morgan fingerprint density at radius 1 is 1.43 bits per heavy atom. The quantitative estimate of drug-likeness (QED) is 0.836. The van der Waals surface area contributed by atoms with Crippen molar-refractivity contribution in [1.29, 1.82) is 0 Å². The molecule has 0 bridgehead atoms. The Morgan fingerprint density at radius 3 is 2.57 bits per heavy atom. The molecule has 7 heteroatoms. The van der Waals surface area contributed by atoms with Crippen LogP contribution in [0, 0.1) is 5.92 Å². The molecule has 1 saturated heterocycles. The number of hydrogen-bond donors (Lipinski definition) is 1. The molecule has 0 aromatic carbocycles. The predicted octanol–water partition coefficient (Wildman–Crippen LogP) is 1.92.